The van der Waals surface area contributed by atoms with Crippen LogP contribution < -0.4 is 10.6 Å². The largest absolute Gasteiger partial charge is 0.370 e. The van der Waals surface area contributed by atoms with E-state index in [4.69, 9.17) is 0 Å². The highest BCUT2D eigenvalue weighted by Gasteiger charge is 2.09. The smallest absolute Gasteiger partial charge is 0.134 e. The molecule has 6 nitrogen and oxygen atoms in total. The van der Waals surface area contributed by atoms with Crippen LogP contribution in [-0.2, 0) is 13.0 Å². The van der Waals surface area contributed by atoms with Gasteiger partial charge in [-0.25, -0.2) is 15.0 Å². The number of nitrogens with zero attached hydrogens (tertiary/aromatic N) is 4. The molecule has 2 rings (SSSR count). The van der Waals surface area contributed by atoms with Gasteiger partial charge in [-0.05, 0) is 19.8 Å². The van der Waals surface area contributed by atoms with Crippen molar-refractivity contribution in [2.75, 3.05) is 23.7 Å². The molecule has 2 N–H and O–H groups in total. The van der Waals surface area contributed by atoms with Crippen LogP contribution in [-0.4, -0.2) is 32.6 Å². The van der Waals surface area contributed by atoms with E-state index in [0.717, 1.165) is 50.5 Å². The Morgan fingerprint density at radius 2 is 1.95 bits per heavy atom. The fraction of sp³-hybridized carbons (Fsp3) is 0.533. The molecule has 0 spiro atoms. The number of rotatable bonds is 9. The Morgan fingerprint density at radius 3 is 2.62 bits per heavy atom. The van der Waals surface area contributed by atoms with Crippen molar-refractivity contribution in [3.63, 3.8) is 0 Å². The van der Waals surface area contributed by atoms with Gasteiger partial charge in [-0.15, -0.1) is 0 Å². The van der Waals surface area contributed by atoms with Gasteiger partial charge in [0, 0.05) is 37.6 Å². The lowest BCUT2D eigenvalue weighted by Crippen LogP contribution is -2.12. The molecule has 0 fully saturated rings. The van der Waals surface area contributed by atoms with E-state index in [2.05, 4.69) is 44.0 Å². The SMILES string of the molecule is CCCc1c(NCC)ncnc1NCCCn1ccnc1. The number of aromatic nitrogens is 4. The summed E-state index contributed by atoms with van der Waals surface area (Å²) >= 11 is 0. The summed E-state index contributed by atoms with van der Waals surface area (Å²) in [7, 11) is 0. The number of aryl methyl sites for hydroxylation is 1. The monoisotopic (exact) mass is 288 g/mol. The third-order valence-corrected chi connectivity index (χ3v) is 3.23. The first-order valence-corrected chi connectivity index (χ1v) is 7.62. The summed E-state index contributed by atoms with van der Waals surface area (Å²) in [5, 5.41) is 6.75. The Hall–Kier alpha value is -2.11. The molecular weight excluding hydrogens is 264 g/mol. The summed E-state index contributed by atoms with van der Waals surface area (Å²) in [5.41, 5.74) is 1.18. The zero-order chi connectivity index (χ0) is 14.9. The van der Waals surface area contributed by atoms with Crippen molar-refractivity contribution in [2.45, 2.75) is 39.7 Å². The third-order valence-electron chi connectivity index (χ3n) is 3.23. The highest BCUT2D eigenvalue weighted by atomic mass is 15.1. The lowest BCUT2D eigenvalue weighted by atomic mass is 10.1. The van der Waals surface area contributed by atoms with Crippen LogP contribution >= 0.6 is 0 Å². The number of hydrogen-bond acceptors (Lipinski definition) is 5. The summed E-state index contributed by atoms with van der Waals surface area (Å²) in [6.45, 7) is 6.97. The first-order chi connectivity index (χ1) is 10.3. The van der Waals surface area contributed by atoms with Gasteiger partial charge < -0.3 is 15.2 Å². The quantitative estimate of drug-likeness (QED) is 0.694. The predicted octanol–water partition coefficient (Wildman–Crippen LogP) is 2.56. The molecule has 2 aromatic heterocycles. The molecule has 0 aliphatic carbocycles. The van der Waals surface area contributed by atoms with Gasteiger partial charge in [-0.1, -0.05) is 13.3 Å². The van der Waals surface area contributed by atoms with Crippen molar-refractivity contribution >= 4 is 11.6 Å². The summed E-state index contributed by atoms with van der Waals surface area (Å²) in [6, 6.07) is 0. The van der Waals surface area contributed by atoms with Gasteiger partial charge in [0.15, 0.2) is 0 Å². The maximum atomic E-state index is 4.39. The van der Waals surface area contributed by atoms with E-state index in [1.54, 1.807) is 12.5 Å². The Bertz CT molecular complexity index is 523. The molecule has 0 aromatic carbocycles. The number of anilines is 2. The Kier molecular flexibility index (Phi) is 5.99. The van der Waals surface area contributed by atoms with E-state index in [1.807, 2.05) is 12.5 Å². The molecule has 0 amide bonds. The van der Waals surface area contributed by atoms with Crippen molar-refractivity contribution in [2.24, 2.45) is 0 Å². The zero-order valence-electron chi connectivity index (χ0n) is 12.8. The van der Waals surface area contributed by atoms with Crippen LogP contribution in [0, 0.1) is 0 Å². The van der Waals surface area contributed by atoms with Crippen LogP contribution in [0.1, 0.15) is 32.3 Å². The summed E-state index contributed by atoms with van der Waals surface area (Å²) in [5.74, 6) is 1.90. The second kappa shape index (κ2) is 8.24. The van der Waals surface area contributed by atoms with Crippen LogP contribution in [0.15, 0.2) is 25.0 Å². The van der Waals surface area contributed by atoms with E-state index >= 15 is 0 Å². The molecule has 21 heavy (non-hydrogen) atoms. The van der Waals surface area contributed by atoms with Crippen LogP contribution in [0.2, 0.25) is 0 Å². The second-order valence-electron chi connectivity index (χ2n) is 4.91. The molecule has 0 saturated heterocycles. The average Bonchev–Trinajstić information content (AvgIpc) is 3.00. The lowest BCUT2D eigenvalue weighted by molar-refractivity contribution is 0.659. The predicted molar refractivity (Wildman–Crippen MR) is 85.5 cm³/mol. The van der Waals surface area contributed by atoms with Crippen LogP contribution in [0.4, 0.5) is 11.6 Å². The minimum Gasteiger partial charge on any atom is -0.370 e. The van der Waals surface area contributed by atoms with Crippen LogP contribution in [0.3, 0.4) is 0 Å². The third kappa shape index (κ3) is 4.44. The Labute approximate surface area is 126 Å². The van der Waals surface area contributed by atoms with Gasteiger partial charge >= 0.3 is 0 Å². The van der Waals surface area contributed by atoms with Gasteiger partial charge in [0.25, 0.3) is 0 Å². The minimum atomic E-state index is 0.869. The molecule has 114 valence electrons. The molecule has 2 heterocycles. The van der Waals surface area contributed by atoms with Crippen molar-refractivity contribution < 1.29 is 0 Å². The standard InChI is InChI=1S/C15H24N6/c1-3-6-13-14(17-4-2)19-11-20-15(13)18-7-5-9-21-10-8-16-12-21/h8,10-12H,3-7,9H2,1-2H3,(H2,17,18,19,20). The van der Waals surface area contributed by atoms with E-state index in [0.29, 0.717) is 0 Å². The molecule has 0 bridgehead atoms. The van der Waals surface area contributed by atoms with Crippen molar-refractivity contribution in [1.82, 2.24) is 19.5 Å². The Morgan fingerprint density at radius 1 is 1.14 bits per heavy atom. The van der Waals surface area contributed by atoms with Crippen molar-refractivity contribution in [3.8, 4) is 0 Å². The van der Waals surface area contributed by atoms with Crippen LogP contribution in [0.25, 0.3) is 0 Å². The topological polar surface area (TPSA) is 67.7 Å². The van der Waals surface area contributed by atoms with Gasteiger partial charge in [0.2, 0.25) is 0 Å². The molecule has 6 heteroatoms. The van der Waals surface area contributed by atoms with E-state index in [-0.39, 0.29) is 0 Å². The first kappa shape index (κ1) is 15.3. The second-order valence-corrected chi connectivity index (χ2v) is 4.91. The fourth-order valence-corrected chi connectivity index (χ4v) is 2.26. The number of nitrogens with one attached hydrogen (secondary N) is 2. The molecular formula is C15H24N6. The Balaban J connectivity index is 1.93. The average molecular weight is 288 g/mol. The van der Waals surface area contributed by atoms with Crippen LogP contribution in [0.5, 0.6) is 0 Å². The number of hydrogen-bond donors (Lipinski definition) is 2. The first-order valence-electron chi connectivity index (χ1n) is 7.62. The number of imidazole rings is 1. The van der Waals surface area contributed by atoms with E-state index in [9.17, 15) is 0 Å². The molecule has 0 saturated carbocycles. The van der Waals surface area contributed by atoms with Crippen molar-refractivity contribution in [1.29, 1.82) is 0 Å². The molecule has 0 aliphatic heterocycles. The van der Waals surface area contributed by atoms with Crippen molar-refractivity contribution in [3.05, 3.63) is 30.6 Å². The molecule has 2 aromatic rings. The van der Waals surface area contributed by atoms with Gasteiger partial charge in [-0.3, -0.25) is 0 Å². The minimum absolute atomic E-state index is 0.869. The fourth-order valence-electron chi connectivity index (χ4n) is 2.26. The summed E-state index contributed by atoms with van der Waals surface area (Å²) < 4.78 is 2.08. The molecule has 0 atom stereocenters. The highest BCUT2D eigenvalue weighted by molar-refractivity contribution is 5.57. The van der Waals surface area contributed by atoms with Gasteiger partial charge in [-0.2, -0.15) is 0 Å². The molecule has 0 radical (unpaired) electrons. The maximum Gasteiger partial charge on any atom is 0.134 e. The zero-order valence-corrected chi connectivity index (χ0v) is 12.8. The molecule has 0 unspecified atom stereocenters. The normalized spacial score (nSPS) is 10.6. The van der Waals surface area contributed by atoms with Gasteiger partial charge in [0.05, 0.1) is 6.33 Å². The maximum absolute atomic E-state index is 4.39. The van der Waals surface area contributed by atoms with E-state index < -0.39 is 0 Å². The highest BCUT2D eigenvalue weighted by Crippen LogP contribution is 2.21. The lowest BCUT2D eigenvalue weighted by Gasteiger charge is -2.14. The molecule has 0 aliphatic rings. The summed E-state index contributed by atoms with van der Waals surface area (Å²) in [6.07, 6.45) is 10.3. The summed E-state index contributed by atoms with van der Waals surface area (Å²) in [4.78, 5) is 12.8. The van der Waals surface area contributed by atoms with E-state index in [1.165, 1.54) is 5.56 Å². The van der Waals surface area contributed by atoms with Gasteiger partial charge in [0.1, 0.15) is 18.0 Å².